The van der Waals surface area contributed by atoms with Gasteiger partial charge >= 0.3 is 0 Å². The van der Waals surface area contributed by atoms with Crippen LogP contribution >= 0.6 is 11.6 Å². The minimum absolute atomic E-state index is 0.122. The van der Waals surface area contributed by atoms with Gasteiger partial charge in [0.05, 0.1) is 11.6 Å². The number of benzene rings is 1. The molecule has 1 saturated carbocycles. The molecule has 1 aliphatic carbocycles. The first-order valence-corrected chi connectivity index (χ1v) is 7.20. The highest BCUT2D eigenvalue weighted by Gasteiger charge is 2.31. The molecule has 0 spiro atoms. The zero-order valence-corrected chi connectivity index (χ0v) is 11.7. The van der Waals surface area contributed by atoms with Crippen molar-refractivity contribution in [1.82, 2.24) is 5.32 Å². The van der Waals surface area contributed by atoms with Gasteiger partial charge in [0.2, 0.25) is 0 Å². The summed E-state index contributed by atoms with van der Waals surface area (Å²) >= 11 is 5.82. The van der Waals surface area contributed by atoms with Gasteiger partial charge in [-0.05, 0) is 43.9 Å². The summed E-state index contributed by atoms with van der Waals surface area (Å²) in [5, 5.41) is 4.33. The molecule has 1 fully saturated rings. The summed E-state index contributed by atoms with van der Waals surface area (Å²) in [6, 6.07) is 3.49. The maximum Gasteiger partial charge on any atom is 0.184 e. The van der Waals surface area contributed by atoms with Crippen molar-refractivity contribution in [1.29, 1.82) is 0 Å². The van der Waals surface area contributed by atoms with Crippen molar-refractivity contribution in [2.75, 3.05) is 6.54 Å². The van der Waals surface area contributed by atoms with E-state index in [1.54, 1.807) is 6.07 Å². The minimum Gasteiger partial charge on any atom is -0.456 e. The lowest BCUT2D eigenvalue weighted by atomic mass is 10.1. The first-order chi connectivity index (χ1) is 9.22. The second-order valence-electron chi connectivity index (χ2n) is 5.13. The molecule has 102 valence electrons. The van der Waals surface area contributed by atoms with Crippen molar-refractivity contribution in [3.63, 3.8) is 0 Å². The maximum atomic E-state index is 14.0. The summed E-state index contributed by atoms with van der Waals surface area (Å²) < 4.78 is 19.8. The van der Waals surface area contributed by atoms with E-state index < -0.39 is 5.82 Å². The van der Waals surface area contributed by atoms with Crippen LogP contribution in [0, 0.1) is 5.82 Å². The number of hydrogen-bond donors (Lipinski definition) is 1. The molecule has 0 saturated heterocycles. The Morgan fingerprint density at radius 1 is 1.42 bits per heavy atom. The Bertz CT molecular complexity index is 604. The molecule has 0 unspecified atom stereocenters. The SMILES string of the molecule is CCCNCc1oc2c(F)c(Cl)ccc2c1C1CC1. The van der Waals surface area contributed by atoms with Crippen molar-refractivity contribution in [2.45, 2.75) is 38.6 Å². The largest absolute Gasteiger partial charge is 0.456 e. The highest BCUT2D eigenvalue weighted by molar-refractivity contribution is 6.31. The zero-order chi connectivity index (χ0) is 13.4. The normalized spacial score (nSPS) is 15.3. The summed E-state index contributed by atoms with van der Waals surface area (Å²) in [6.07, 6.45) is 3.40. The number of nitrogens with one attached hydrogen (secondary N) is 1. The fourth-order valence-corrected chi connectivity index (χ4v) is 2.65. The quantitative estimate of drug-likeness (QED) is 0.810. The van der Waals surface area contributed by atoms with E-state index in [2.05, 4.69) is 12.2 Å². The van der Waals surface area contributed by atoms with Crippen LogP contribution in [0.4, 0.5) is 4.39 Å². The van der Waals surface area contributed by atoms with Crippen LogP contribution in [0.15, 0.2) is 16.5 Å². The molecular weight excluding hydrogens is 265 g/mol. The molecule has 4 heteroatoms. The average molecular weight is 282 g/mol. The standard InChI is InChI=1S/C15H17ClFNO/c1-2-7-18-8-12-13(9-3-4-9)10-5-6-11(16)14(17)15(10)19-12/h5-6,9,18H,2-4,7-8H2,1H3. The third-order valence-electron chi connectivity index (χ3n) is 3.56. The Morgan fingerprint density at radius 3 is 2.89 bits per heavy atom. The second-order valence-corrected chi connectivity index (χ2v) is 5.54. The molecule has 2 aromatic rings. The predicted molar refractivity (Wildman–Crippen MR) is 75.2 cm³/mol. The fourth-order valence-electron chi connectivity index (χ4n) is 2.50. The number of furan rings is 1. The van der Waals surface area contributed by atoms with Gasteiger partial charge in [-0.2, -0.15) is 0 Å². The molecule has 1 aliphatic rings. The van der Waals surface area contributed by atoms with Gasteiger partial charge in [0.15, 0.2) is 11.4 Å². The molecule has 2 nitrogen and oxygen atoms in total. The van der Waals surface area contributed by atoms with E-state index in [4.69, 9.17) is 16.0 Å². The Balaban J connectivity index is 2.04. The van der Waals surface area contributed by atoms with Crippen molar-refractivity contribution >= 4 is 22.6 Å². The lowest BCUT2D eigenvalue weighted by molar-refractivity contribution is 0.490. The lowest BCUT2D eigenvalue weighted by Gasteiger charge is -2.02. The molecule has 19 heavy (non-hydrogen) atoms. The number of fused-ring (bicyclic) bond motifs is 1. The first-order valence-electron chi connectivity index (χ1n) is 6.82. The van der Waals surface area contributed by atoms with E-state index >= 15 is 0 Å². The highest BCUT2D eigenvalue weighted by atomic mass is 35.5. The molecule has 0 bridgehead atoms. The third kappa shape index (κ3) is 2.37. The number of rotatable bonds is 5. The summed E-state index contributed by atoms with van der Waals surface area (Å²) in [5.41, 5.74) is 1.48. The minimum atomic E-state index is -0.442. The van der Waals surface area contributed by atoms with Crippen molar-refractivity contribution in [2.24, 2.45) is 0 Å². The van der Waals surface area contributed by atoms with Gasteiger partial charge < -0.3 is 9.73 Å². The molecule has 1 N–H and O–H groups in total. The first kappa shape index (κ1) is 12.9. The molecule has 0 radical (unpaired) electrons. The van der Waals surface area contributed by atoms with Gasteiger partial charge in [-0.15, -0.1) is 0 Å². The zero-order valence-electron chi connectivity index (χ0n) is 10.9. The molecule has 0 amide bonds. The Labute approximate surface area is 116 Å². The lowest BCUT2D eigenvalue weighted by Crippen LogP contribution is -2.14. The molecule has 1 aromatic heterocycles. The fraction of sp³-hybridized carbons (Fsp3) is 0.467. The van der Waals surface area contributed by atoms with Crippen LogP contribution in [0.5, 0.6) is 0 Å². The van der Waals surface area contributed by atoms with Gasteiger partial charge in [-0.1, -0.05) is 18.5 Å². The van der Waals surface area contributed by atoms with Gasteiger partial charge in [-0.3, -0.25) is 0 Å². The van der Waals surface area contributed by atoms with Crippen molar-refractivity contribution in [3.8, 4) is 0 Å². The topological polar surface area (TPSA) is 25.2 Å². The molecule has 1 heterocycles. The van der Waals surface area contributed by atoms with Gasteiger partial charge in [0.25, 0.3) is 0 Å². The van der Waals surface area contributed by atoms with E-state index in [1.165, 1.54) is 18.4 Å². The third-order valence-corrected chi connectivity index (χ3v) is 3.86. The predicted octanol–water partition coefficient (Wildman–Crippen LogP) is 4.60. The molecule has 0 aliphatic heterocycles. The van der Waals surface area contributed by atoms with Crippen LogP contribution in [-0.2, 0) is 6.54 Å². The van der Waals surface area contributed by atoms with Crippen LogP contribution in [0.2, 0.25) is 5.02 Å². The Morgan fingerprint density at radius 2 is 2.21 bits per heavy atom. The summed E-state index contributed by atoms with van der Waals surface area (Å²) in [4.78, 5) is 0. The van der Waals surface area contributed by atoms with Gasteiger partial charge in [-0.25, -0.2) is 4.39 Å². The van der Waals surface area contributed by atoms with Crippen LogP contribution in [-0.4, -0.2) is 6.54 Å². The molecule has 0 atom stereocenters. The van der Waals surface area contributed by atoms with Crippen LogP contribution < -0.4 is 5.32 Å². The van der Waals surface area contributed by atoms with Crippen LogP contribution in [0.25, 0.3) is 11.0 Å². The van der Waals surface area contributed by atoms with E-state index in [0.29, 0.717) is 18.0 Å². The van der Waals surface area contributed by atoms with E-state index in [-0.39, 0.29) is 5.02 Å². The monoisotopic (exact) mass is 281 g/mol. The smallest absolute Gasteiger partial charge is 0.184 e. The van der Waals surface area contributed by atoms with Crippen molar-refractivity contribution < 1.29 is 8.81 Å². The highest BCUT2D eigenvalue weighted by Crippen LogP contribution is 2.47. The molecular formula is C15H17ClFNO. The van der Waals surface area contributed by atoms with Gasteiger partial charge in [0, 0.05) is 10.9 Å². The summed E-state index contributed by atoms with van der Waals surface area (Å²) in [6.45, 7) is 3.71. The maximum absolute atomic E-state index is 14.0. The Hall–Kier alpha value is -1.06. The summed E-state index contributed by atoms with van der Waals surface area (Å²) in [5.74, 6) is 0.954. The van der Waals surface area contributed by atoms with Crippen molar-refractivity contribution in [3.05, 3.63) is 34.3 Å². The second kappa shape index (κ2) is 5.14. The van der Waals surface area contributed by atoms with E-state index in [1.807, 2.05) is 6.07 Å². The van der Waals surface area contributed by atoms with E-state index in [9.17, 15) is 4.39 Å². The number of halogens is 2. The molecule has 1 aromatic carbocycles. The average Bonchev–Trinajstić information content (AvgIpc) is 3.16. The molecule has 3 rings (SSSR count). The van der Waals surface area contributed by atoms with E-state index in [0.717, 1.165) is 24.1 Å². The van der Waals surface area contributed by atoms with Crippen LogP contribution in [0.1, 0.15) is 43.4 Å². The van der Waals surface area contributed by atoms with Gasteiger partial charge in [0.1, 0.15) is 5.76 Å². The summed E-state index contributed by atoms with van der Waals surface area (Å²) in [7, 11) is 0. The van der Waals surface area contributed by atoms with Crippen LogP contribution in [0.3, 0.4) is 0 Å². The number of hydrogen-bond acceptors (Lipinski definition) is 2. The Kier molecular flexibility index (Phi) is 3.50.